The molecule has 1 aromatic carbocycles. The lowest BCUT2D eigenvalue weighted by molar-refractivity contribution is 0.225. The lowest BCUT2D eigenvalue weighted by Gasteiger charge is -2.38. The predicted octanol–water partition coefficient (Wildman–Crippen LogP) is 3.94. The summed E-state index contributed by atoms with van der Waals surface area (Å²) in [7, 11) is 0. The average Bonchev–Trinajstić information content (AvgIpc) is 2.41. The summed E-state index contributed by atoms with van der Waals surface area (Å²) < 4.78 is 6.02. The number of benzene rings is 1. The summed E-state index contributed by atoms with van der Waals surface area (Å²) >= 11 is 0. The summed E-state index contributed by atoms with van der Waals surface area (Å²) in [6, 6.07) is 6.54. The van der Waals surface area contributed by atoms with E-state index in [4.69, 9.17) is 10.5 Å². The van der Waals surface area contributed by atoms with E-state index in [1.165, 1.54) is 43.2 Å². The van der Waals surface area contributed by atoms with Gasteiger partial charge in [0.2, 0.25) is 0 Å². The molecule has 1 aliphatic rings. The molecular formula is C17H27NO. The Balaban J connectivity index is 2.42. The highest BCUT2D eigenvalue weighted by atomic mass is 16.5. The standard InChI is InChI=1S/C17H27NO/c1-13(2)19-16-8-7-14(3)11-15(16)17(12-18)9-5-4-6-10-17/h7-8,11,13H,4-6,9-10,12,18H2,1-3H3. The molecule has 106 valence electrons. The van der Waals surface area contributed by atoms with E-state index in [-0.39, 0.29) is 11.5 Å². The maximum absolute atomic E-state index is 6.16. The fraction of sp³-hybridized carbons (Fsp3) is 0.647. The Labute approximate surface area is 117 Å². The maximum Gasteiger partial charge on any atom is 0.123 e. The minimum Gasteiger partial charge on any atom is -0.491 e. The van der Waals surface area contributed by atoms with E-state index in [9.17, 15) is 0 Å². The summed E-state index contributed by atoms with van der Waals surface area (Å²) in [5.41, 5.74) is 8.93. The third kappa shape index (κ3) is 3.11. The summed E-state index contributed by atoms with van der Waals surface area (Å²) in [5.74, 6) is 1.04. The van der Waals surface area contributed by atoms with Crippen LogP contribution in [0.3, 0.4) is 0 Å². The first-order chi connectivity index (χ1) is 9.07. The van der Waals surface area contributed by atoms with Crippen LogP contribution in [0.1, 0.15) is 57.1 Å². The molecule has 0 amide bonds. The molecule has 0 heterocycles. The molecule has 2 N–H and O–H groups in total. The van der Waals surface area contributed by atoms with Crippen LogP contribution in [0.25, 0.3) is 0 Å². The lowest BCUT2D eigenvalue weighted by atomic mass is 9.69. The Morgan fingerprint density at radius 1 is 1.21 bits per heavy atom. The zero-order valence-corrected chi connectivity index (χ0v) is 12.5. The molecule has 0 aliphatic heterocycles. The van der Waals surface area contributed by atoms with Gasteiger partial charge in [-0.3, -0.25) is 0 Å². The van der Waals surface area contributed by atoms with Crippen molar-refractivity contribution in [2.75, 3.05) is 6.54 Å². The van der Waals surface area contributed by atoms with Crippen molar-refractivity contribution < 1.29 is 4.74 Å². The fourth-order valence-corrected chi connectivity index (χ4v) is 3.23. The third-order valence-electron chi connectivity index (χ3n) is 4.27. The Kier molecular flexibility index (Phi) is 4.51. The molecule has 1 fully saturated rings. The minimum absolute atomic E-state index is 0.133. The SMILES string of the molecule is Cc1ccc(OC(C)C)c(C2(CN)CCCCC2)c1. The second-order valence-electron chi connectivity index (χ2n) is 6.21. The number of hydrogen-bond acceptors (Lipinski definition) is 2. The third-order valence-corrected chi connectivity index (χ3v) is 4.27. The van der Waals surface area contributed by atoms with Gasteiger partial charge in [0.05, 0.1) is 6.10 Å². The first-order valence-electron chi connectivity index (χ1n) is 7.55. The molecule has 0 unspecified atom stereocenters. The van der Waals surface area contributed by atoms with E-state index in [0.717, 1.165) is 12.3 Å². The summed E-state index contributed by atoms with van der Waals surface area (Å²) in [6.45, 7) is 7.04. The molecule has 1 aliphatic carbocycles. The van der Waals surface area contributed by atoms with Crippen molar-refractivity contribution in [3.8, 4) is 5.75 Å². The smallest absolute Gasteiger partial charge is 0.123 e. The van der Waals surface area contributed by atoms with E-state index in [2.05, 4.69) is 39.0 Å². The van der Waals surface area contributed by atoms with Crippen molar-refractivity contribution in [2.24, 2.45) is 5.73 Å². The van der Waals surface area contributed by atoms with Crippen LogP contribution in [0.15, 0.2) is 18.2 Å². The Morgan fingerprint density at radius 3 is 2.47 bits per heavy atom. The molecule has 1 saturated carbocycles. The topological polar surface area (TPSA) is 35.2 Å². The zero-order valence-electron chi connectivity index (χ0n) is 12.5. The molecule has 2 rings (SSSR count). The van der Waals surface area contributed by atoms with E-state index in [0.29, 0.717) is 0 Å². The van der Waals surface area contributed by atoms with Gasteiger partial charge in [0, 0.05) is 17.5 Å². The molecule has 0 aromatic heterocycles. The quantitative estimate of drug-likeness (QED) is 0.891. The first kappa shape index (κ1) is 14.4. The average molecular weight is 261 g/mol. The summed E-state index contributed by atoms with van der Waals surface area (Å²) in [6.07, 6.45) is 6.51. The van der Waals surface area contributed by atoms with Crippen molar-refractivity contribution in [3.63, 3.8) is 0 Å². The molecule has 0 saturated heterocycles. The van der Waals surface area contributed by atoms with Crippen LogP contribution in [0.2, 0.25) is 0 Å². The van der Waals surface area contributed by atoms with Crippen LogP contribution in [-0.4, -0.2) is 12.6 Å². The molecule has 2 heteroatoms. The van der Waals surface area contributed by atoms with Crippen LogP contribution >= 0.6 is 0 Å². The number of nitrogens with two attached hydrogens (primary N) is 1. The maximum atomic E-state index is 6.16. The number of aryl methyl sites for hydroxylation is 1. The Morgan fingerprint density at radius 2 is 1.89 bits per heavy atom. The lowest BCUT2D eigenvalue weighted by Crippen LogP contribution is -2.37. The van der Waals surface area contributed by atoms with Gasteiger partial charge >= 0.3 is 0 Å². The van der Waals surface area contributed by atoms with Crippen molar-refractivity contribution in [1.82, 2.24) is 0 Å². The van der Waals surface area contributed by atoms with Gasteiger partial charge in [0.1, 0.15) is 5.75 Å². The van der Waals surface area contributed by atoms with Crippen molar-refractivity contribution in [1.29, 1.82) is 0 Å². The highest BCUT2D eigenvalue weighted by Gasteiger charge is 2.35. The van der Waals surface area contributed by atoms with Crippen molar-refractivity contribution >= 4 is 0 Å². The van der Waals surface area contributed by atoms with E-state index in [1.54, 1.807) is 0 Å². The monoisotopic (exact) mass is 261 g/mol. The highest BCUT2D eigenvalue weighted by Crippen LogP contribution is 2.43. The Hall–Kier alpha value is -1.02. The molecule has 0 radical (unpaired) electrons. The molecule has 2 nitrogen and oxygen atoms in total. The predicted molar refractivity (Wildman–Crippen MR) is 80.8 cm³/mol. The van der Waals surface area contributed by atoms with Crippen LogP contribution in [0.5, 0.6) is 5.75 Å². The molecule has 0 bridgehead atoms. The van der Waals surface area contributed by atoms with Gasteiger partial charge in [0.25, 0.3) is 0 Å². The van der Waals surface area contributed by atoms with Gasteiger partial charge in [-0.25, -0.2) is 0 Å². The van der Waals surface area contributed by atoms with Crippen LogP contribution in [-0.2, 0) is 5.41 Å². The van der Waals surface area contributed by atoms with Gasteiger partial charge in [-0.2, -0.15) is 0 Å². The van der Waals surface area contributed by atoms with Gasteiger partial charge in [0.15, 0.2) is 0 Å². The largest absolute Gasteiger partial charge is 0.491 e. The van der Waals surface area contributed by atoms with Gasteiger partial charge in [-0.15, -0.1) is 0 Å². The van der Waals surface area contributed by atoms with Gasteiger partial charge in [-0.1, -0.05) is 37.0 Å². The Bertz CT molecular complexity index is 419. The number of hydrogen-bond donors (Lipinski definition) is 1. The molecule has 19 heavy (non-hydrogen) atoms. The summed E-state index contributed by atoms with van der Waals surface area (Å²) in [5, 5.41) is 0. The second kappa shape index (κ2) is 5.96. The minimum atomic E-state index is 0.133. The molecular weight excluding hydrogens is 234 g/mol. The van der Waals surface area contributed by atoms with E-state index < -0.39 is 0 Å². The zero-order chi connectivity index (χ0) is 13.9. The second-order valence-corrected chi connectivity index (χ2v) is 6.21. The van der Waals surface area contributed by atoms with Gasteiger partial charge < -0.3 is 10.5 Å². The number of rotatable bonds is 4. The number of ether oxygens (including phenoxy) is 1. The normalized spacial score (nSPS) is 18.6. The van der Waals surface area contributed by atoms with Crippen LogP contribution in [0.4, 0.5) is 0 Å². The van der Waals surface area contributed by atoms with Crippen LogP contribution in [0, 0.1) is 6.92 Å². The van der Waals surface area contributed by atoms with Crippen LogP contribution < -0.4 is 10.5 Å². The highest BCUT2D eigenvalue weighted by molar-refractivity contribution is 5.43. The van der Waals surface area contributed by atoms with E-state index in [1.807, 2.05) is 0 Å². The molecule has 1 aromatic rings. The molecule has 0 atom stereocenters. The fourth-order valence-electron chi connectivity index (χ4n) is 3.23. The first-order valence-corrected chi connectivity index (χ1v) is 7.55. The van der Waals surface area contributed by atoms with Crippen molar-refractivity contribution in [3.05, 3.63) is 29.3 Å². The molecule has 0 spiro atoms. The van der Waals surface area contributed by atoms with Crippen molar-refractivity contribution in [2.45, 2.75) is 64.4 Å². The summed E-state index contributed by atoms with van der Waals surface area (Å²) in [4.78, 5) is 0. The van der Waals surface area contributed by atoms with E-state index >= 15 is 0 Å². The van der Waals surface area contributed by atoms with Gasteiger partial charge in [-0.05, 0) is 39.7 Å².